The highest BCUT2D eigenvalue weighted by Gasteiger charge is 2.26. The van der Waals surface area contributed by atoms with Crippen LogP contribution in [0.2, 0.25) is 0 Å². The van der Waals surface area contributed by atoms with Crippen LogP contribution in [0.1, 0.15) is 43.5 Å². The molecule has 1 aliphatic carbocycles. The highest BCUT2D eigenvalue weighted by atomic mass is 15.1. The maximum absolute atomic E-state index is 6.38. The first-order chi connectivity index (χ1) is 10.1. The van der Waals surface area contributed by atoms with Gasteiger partial charge in [0.15, 0.2) is 0 Å². The lowest BCUT2D eigenvalue weighted by molar-refractivity contribution is 0.521. The highest BCUT2D eigenvalue weighted by Crippen LogP contribution is 2.36. The predicted octanol–water partition coefficient (Wildman–Crippen LogP) is 3.18. The number of nitrogens with zero attached hydrogens (tertiary/aromatic N) is 2. The molecule has 21 heavy (non-hydrogen) atoms. The van der Waals surface area contributed by atoms with Gasteiger partial charge in [0.2, 0.25) is 0 Å². The molecule has 2 heterocycles. The number of pyridine rings is 1. The molecule has 0 saturated heterocycles. The molecule has 0 bridgehead atoms. The number of rotatable bonds is 1. The molecule has 0 spiro atoms. The number of nitrogens with one attached hydrogen (secondary N) is 1. The number of aromatic nitrogens is 3. The minimum atomic E-state index is -0.402. The Morgan fingerprint density at radius 2 is 1.90 bits per heavy atom. The number of aryl methyl sites for hydroxylation is 1. The number of nitrogens with two attached hydrogens (primary N) is 1. The van der Waals surface area contributed by atoms with Crippen LogP contribution in [0, 0.1) is 0 Å². The second kappa shape index (κ2) is 4.28. The summed E-state index contributed by atoms with van der Waals surface area (Å²) in [6, 6.07) is 4.14. The van der Waals surface area contributed by atoms with E-state index in [1.54, 1.807) is 0 Å². The molecular formula is C17H20N4. The second-order valence-corrected chi connectivity index (χ2v) is 6.64. The maximum atomic E-state index is 6.38. The summed E-state index contributed by atoms with van der Waals surface area (Å²) in [5, 5.41) is 9.70. The van der Waals surface area contributed by atoms with Gasteiger partial charge < -0.3 is 5.73 Å². The first kappa shape index (κ1) is 12.8. The zero-order valence-corrected chi connectivity index (χ0v) is 12.5. The fourth-order valence-electron chi connectivity index (χ4n) is 3.58. The van der Waals surface area contributed by atoms with Crippen molar-refractivity contribution in [2.75, 3.05) is 0 Å². The standard InChI is InChI=1S/C17H20N4/c1-17(2,18)16-11-6-4-3-5-10(11)15-12-9-19-21-13(12)7-8-14(15)20-16/h7-9H,3-6,18H2,1-2H3,(H,19,21). The average molecular weight is 280 g/mol. The molecule has 4 heteroatoms. The maximum Gasteiger partial charge on any atom is 0.0717 e. The Labute approximate surface area is 123 Å². The van der Waals surface area contributed by atoms with Gasteiger partial charge in [0.05, 0.1) is 28.5 Å². The van der Waals surface area contributed by atoms with Gasteiger partial charge in [0, 0.05) is 10.8 Å². The van der Waals surface area contributed by atoms with Gasteiger partial charge in [-0.2, -0.15) is 5.10 Å². The molecular weight excluding hydrogens is 260 g/mol. The molecule has 0 atom stereocenters. The van der Waals surface area contributed by atoms with Crippen molar-refractivity contribution in [1.82, 2.24) is 15.2 Å². The molecule has 3 N–H and O–H groups in total. The van der Waals surface area contributed by atoms with E-state index in [9.17, 15) is 0 Å². The molecule has 0 saturated carbocycles. The van der Waals surface area contributed by atoms with Crippen LogP contribution < -0.4 is 5.73 Å². The molecule has 0 fully saturated rings. The fourth-order valence-corrected chi connectivity index (χ4v) is 3.58. The van der Waals surface area contributed by atoms with Crippen molar-refractivity contribution >= 4 is 21.8 Å². The van der Waals surface area contributed by atoms with E-state index in [1.165, 1.54) is 34.7 Å². The molecule has 108 valence electrons. The highest BCUT2D eigenvalue weighted by molar-refractivity contribution is 6.06. The summed E-state index contributed by atoms with van der Waals surface area (Å²) in [5.74, 6) is 0. The van der Waals surface area contributed by atoms with Gasteiger partial charge in [-0.3, -0.25) is 10.1 Å². The summed E-state index contributed by atoms with van der Waals surface area (Å²) >= 11 is 0. The van der Waals surface area contributed by atoms with E-state index < -0.39 is 5.54 Å². The van der Waals surface area contributed by atoms with Gasteiger partial charge in [0.25, 0.3) is 0 Å². The summed E-state index contributed by atoms with van der Waals surface area (Å²) in [5.41, 5.74) is 12.0. The zero-order valence-electron chi connectivity index (χ0n) is 12.5. The van der Waals surface area contributed by atoms with E-state index in [0.29, 0.717) is 0 Å². The van der Waals surface area contributed by atoms with Crippen LogP contribution in [0.5, 0.6) is 0 Å². The number of benzene rings is 1. The Bertz CT molecular complexity index is 839. The van der Waals surface area contributed by atoms with Crippen molar-refractivity contribution in [1.29, 1.82) is 0 Å². The third-order valence-electron chi connectivity index (χ3n) is 4.50. The Hall–Kier alpha value is -1.94. The Morgan fingerprint density at radius 3 is 2.67 bits per heavy atom. The lowest BCUT2D eigenvalue weighted by Gasteiger charge is -2.27. The number of H-pyrrole nitrogens is 1. The predicted molar refractivity (Wildman–Crippen MR) is 85.3 cm³/mol. The van der Waals surface area contributed by atoms with Gasteiger partial charge in [-0.1, -0.05) is 0 Å². The van der Waals surface area contributed by atoms with Crippen molar-refractivity contribution in [3.63, 3.8) is 0 Å². The monoisotopic (exact) mass is 280 g/mol. The smallest absolute Gasteiger partial charge is 0.0717 e. The topological polar surface area (TPSA) is 67.6 Å². The number of hydrogen-bond donors (Lipinski definition) is 2. The van der Waals surface area contributed by atoms with Crippen molar-refractivity contribution in [3.8, 4) is 0 Å². The van der Waals surface area contributed by atoms with Crippen LogP contribution in [0.4, 0.5) is 0 Å². The third-order valence-corrected chi connectivity index (χ3v) is 4.50. The van der Waals surface area contributed by atoms with E-state index in [0.717, 1.165) is 29.6 Å². The molecule has 1 aliphatic rings. The third kappa shape index (κ3) is 1.86. The van der Waals surface area contributed by atoms with Gasteiger partial charge >= 0.3 is 0 Å². The molecule has 0 unspecified atom stereocenters. The number of aromatic amines is 1. The summed E-state index contributed by atoms with van der Waals surface area (Å²) in [6.45, 7) is 4.10. The van der Waals surface area contributed by atoms with Gasteiger partial charge in [-0.05, 0) is 62.8 Å². The molecule has 0 aliphatic heterocycles. The molecule has 4 nitrogen and oxygen atoms in total. The fraction of sp³-hybridized carbons (Fsp3) is 0.412. The van der Waals surface area contributed by atoms with Crippen LogP contribution in [0.3, 0.4) is 0 Å². The summed E-state index contributed by atoms with van der Waals surface area (Å²) in [4.78, 5) is 4.92. The Kier molecular flexibility index (Phi) is 2.60. The first-order valence-corrected chi connectivity index (χ1v) is 7.62. The van der Waals surface area contributed by atoms with E-state index in [-0.39, 0.29) is 0 Å². The SMILES string of the molecule is CC(C)(N)c1nc2ccc3[nH]ncc3c2c2c1CCCC2. The van der Waals surface area contributed by atoms with Crippen LogP contribution >= 0.6 is 0 Å². The lowest BCUT2D eigenvalue weighted by atomic mass is 9.83. The van der Waals surface area contributed by atoms with Crippen molar-refractivity contribution < 1.29 is 0 Å². The van der Waals surface area contributed by atoms with Crippen LogP contribution in [-0.2, 0) is 18.4 Å². The van der Waals surface area contributed by atoms with Gasteiger partial charge in [0.1, 0.15) is 0 Å². The van der Waals surface area contributed by atoms with Gasteiger partial charge in [-0.15, -0.1) is 0 Å². The quantitative estimate of drug-likeness (QED) is 0.719. The minimum Gasteiger partial charge on any atom is -0.321 e. The minimum absolute atomic E-state index is 0.402. The van der Waals surface area contributed by atoms with E-state index in [4.69, 9.17) is 10.7 Å². The largest absolute Gasteiger partial charge is 0.321 e. The van der Waals surface area contributed by atoms with E-state index >= 15 is 0 Å². The zero-order chi connectivity index (χ0) is 14.6. The van der Waals surface area contributed by atoms with Crippen molar-refractivity contribution in [2.24, 2.45) is 5.73 Å². The summed E-state index contributed by atoms with van der Waals surface area (Å²) < 4.78 is 0. The summed E-state index contributed by atoms with van der Waals surface area (Å²) in [6.07, 6.45) is 6.58. The number of fused-ring (bicyclic) bond motifs is 5. The molecule has 3 aromatic rings. The first-order valence-electron chi connectivity index (χ1n) is 7.62. The van der Waals surface area contributed by atoms with E-state index in [2.05, 4.69) is 22.3 Å². The van der Waals surface area contributed by atoms with Crippen molar-refractivity contribution in [3.05, 3.63) is 35.2 Å². The lowest BCUT2D eigenvalue weighted by Crippen LogP contribution is -2.32. The Morgan fingerprint density at radius 1 is 1.14 bits per heavy atom. The van der Waals surface area contributed by atoms with Crippen LogP contribution in [0.25, 0.3) is 21.8 Å². The van der Waals surface area contributed by atoms with Crippen molar-refractivity contribution in [2.45, 2.75) is 45.1 Å². The van der Waals surface area contributed by atoms with Gasteiger partial charge in [-0.25, -0.2) is 0 Å². The van der Waals surface area contributed by atoms with E-state index in [1.807, 2.05) is 20.0 Å². The summed E-state index contributed by atoms with van der Waals surface area (Å²) in [7, 11) is 0. The second-order valence-electron chi connectivity index (χ2n) is 6.64. The normalized spacial score (nSPS) is 15.6. The average Bonchev–Trinajstić information content (AvgIpc) is 2.93. The molecule has 1 aromatic carbocycles. The number of hydrogen-bond acceptors (Lipinski definition) is 3. The van der Waals surface area contributed by atoms with Crippen LogP contribution in [0.15, 0.2) is 18.3 Å². The van der Waals surface area contributed by atoms with Crippen LogP contribution in [-0.4, -0.2) is 15.2 Å². The molecule has 2 aromatic heterocycles. The molecule has 4 rings (SSSR count). The molecule has 0 radical (unpaired) electrons. The Balaban J connectivity index is 2.18. The molecule has 0 amide bonds.